The SMILES string of the molecule is Cn1c(=O)[nH]c(=O)c2cc(C(=O)N(Cc3cccc(F)c3)C3CCCC3)cnc21. The van der Waals surface area contributed by atoms with Gasteiger partial charge in [0.15, 0.2) is 0 Å². The first-order valence-electron chi connectivity index (χ1n) is 9.58. The van der Waals surface area contributed by atoms with Gasteiger partial charge in [0.05, 0.1) is 10.9 Å². The summed E-state index contributed by atoms with van der Waals surface area (Å²) in [5, 5.41) is 0.176. The minimum atomic E-state index is -0.581. The van der Waals surface area contributed by atoms with Gasteiger partial charge in [-0.25, -0.2) is 14.2 Å². The molecule has 7 nitrogen and oxygen atoms in total. The predicted octanol–water partition coefficient (Wildman–Crippen LogP) is 2.35. The lowest BCUT2D eigenvalue weighted by Crippen LogP contribution is -2.38. The standard InChI is InChI=1S/C21H21FN4O3/c1-25-18-17(19(27)24-21(25)29)10-14(11-23-18)20(28)26(16-7-2-3-8-16)12-13-5-4-6-15(22)9-13/h4-6,9-11,16H,2-3,7-8,12H2,1H3,(H,24,27,29). The fraction of sp³-hybridized carbons (Fsp3) is 0.333. The summed E-state index contributed by atoms with van der Waals surface area (Å²) in [6.07, 6.45) is 5.23. The number of pyridine rings is 1. The Morgan fingerprint density at radius 3 is 2.76 bits per heavy atom. The number of rotatable bonds is 4. The number of fused-ring (bicyclic) bond motifs is 1. The molecule has 150 valence electrons. The topological polar surface area (TPSA) is 88.1 Å². The number of carbonyl (C=O) groups is 1. The average Bonchev–Trinajstić information content (AvgIpc) is 3.24. The molecule has 1 aliphatic rings. The third-order valence-electron chi connectivity index (χ3n) is 5.47. The Morgan fingerprint density at radius 1 is 1.28 bits per heavy atom. The zero-order valence-corrected chi connectivity index (χ0v) is 16.0. The van der Waals surface area contributed by atoms with Crippen molar-refractivity contribution in [1.82, 2.24) is 19.4 Å². The Morgan fingerprint density at radius 2 is 2.03 bits per heavy atom. The summed E-state index contributed by atoms with van der Waals surface area (Å²) in [4.78, 5) is 45.4. The van der Waals surface area contributed by atoms with E-state index in [1.807, 2.05) is 0 Å². The van der Waals surface area contributed by atoms with E-state index in [1.165, 1.54) is 36.0 Å². The molecule has 0 unspecified atom stereocenters. The molecule has 0 radical (unpaired) electrons. The van der Waals surface area contributed by atoms with Crippen LogP contribution in [0.15, 0.2) is 46.1 Å². The summed E-state index contributed by atoms with van der Waals surface area (Å²) in [6, 6.07) is 7.73. The van der Waals surface area contributed by atoms with Gasteiger partial charge in [-0.15, -0.1) is 0 Å². The first-order chi connectivity index (χ1) is 13.9. The largest absolute Gasteiger partial charge is 0.331 e. The number of H-pyrrole nitrogens is 1. The summed E-state index contributed by atoms with van der Waals surface area (Å²) in [7, 11) is 1.50. The van der Waals surface area contributed by atoms with Crippen LogP contribution in [-0.4, -0.2) is 31.4 Å². The van der Waals surface area contributed by atoms with Crippen LogP contribution in [0.1, 0.15) is 41.6 Å². The predicted molar refractivity (Wildman–Crippen MR) is 106 cm³/mol. The van der Waals surface area contributed by atoms with Gasteiger partial charge in [0, 0.05) is 25.8 Å². The third kappa shape index (κ3) is 3.70. The van der Waals surface area contributed by atoms with E-state index in [0.29, 0.717) is 5.56 Å². The van der Waals surface area contributed by atoms with Crippen molar-refractivity contribution >= 4 is 16.9 Å². The van der Waals surface area contributed by atoms with E-state index < -0.39 is 11.2 Å². The quantitative estimate of drug-likeness (QED) is 0.733. The lowest BCUT2D eigenvalue weighted by atomic mass is 10.1. The van der Waals surface area contributed by atoms with E-state index in [0.717, 1.165) is 25.7 Å². The maximum Gasteiger partial charge on any atom is 0.329 e. The molecular weight excluding hydrogens is 375 g/mol. The zero-order chi connectivity index (χ0) is 20.5. The second kappa shape index (κ2) is 7.62. The fourth-order valence-electron chi connectivity index (χ4n) is 3.93. The number of nitrogens with one attached hydrogen (secondary N) is 1. The average molecular weight is 396 g/mol. The number of hydrogen-bond donors (Lipinski definition) is 1. The lowest BCUT2D eigenvalue weighted by Gasteiger charge is -2.29. The Bertz CT molecular complexity index is 1190. The summed E-state index contributed by atoms with van der Waals surface area (Å²) >= 11 is 0. The van der Waals surface area contributed by atoms with Crippen LogP contribution in [0.2, 0.25) is 0 Å². The molecular formula is C21H21FN4O3. The van der Waals surface area contributed by atoms with Crippen molar-refractivity contribution in [3.8, 4) is 0 Å². The van der Waals surface area contributed by atoms with Crippen LogP contribution < -0.4 is 11.2 Å². The molecule has 1 aromatic carbocycles. The van der Waals surface area contributed by atoms with E-state index >= 15 is 0 Å². The molecule has 1 amide bonds. The van der Waals surface area contributed by atoms with Crippen LogP contribution in [0.4, 0.5) is 4.39 Å². The van der Waals surface area contributed by atoms with Crippen LogP contribution in [0.5, 0.6) is 0 Å². The van der Waals surface area contributed by atoms with Crippen molar-refractivity contribution < 1.29 is 9.18 Å². The van der Waals surface area contributed by atoms with Crippen LogP contribution in [0.25, 0.3) is 11.0 Å². The fourth-order valence-corrected chi connectivity index (χ4v) is 3.93. The second-order valence-corrected chi connectivity index (χ2v) is 7.41. The van der Waals surface area contributed by atoms with Gasteiger partial charge >= 0.3 is 5.69 Å². The molecule has 1 N–H and O–H groups in total. The minimum Gasteiger partial charge on any atom is -0.331 e. The molecule has 3 aromatic rings. The molecule has 1 fully saturated rings. The molecule has 2 heterocycles. The highest BCUT2D eigenvalue weighted by Gasteiger charge is 2.28. The van der Waals surface area contributed by atoms with Crippen molar-refractivity contribution in [1.29, 1.82) is 0 Å². The van der Waals surface area contributed by atoms with Gasteiger partial charge in [-0.3, -0.25) is 19.1 Å². The Hall–Kier alpha value is -3.29. The minimum absolute atomic E-state index is 0.0554. The number of aromatic amines is 1. The number of halogens is 1. The number of carbonyl (C=O) groups excluding carboxylic acids is 1. The summed E-state index contributed by atoms with van der Waals surface area (Å²) in [6.45, 7) is 0.281. The van der Waals surface area contributed by atoms with Crippen molar-refractivity contribution in [2.24, 2.45) is 7.05 Å². The molecule has 0 bridgehead atoms. The van der Waals surface area contributed by atoms with Gasteiger partial charge in [0.25, 0.3) is 11.5 Å². The van der Waals surface area contributed by atoms with E-state index in [2.05, 4.69) is 9.97 Å². The van der Waals surface area contributed by atoms with E-state index in [-0.39, 0.29) is 40.9 Å². The van der Waals surface area contributed by atoms with Crippen molar-refractivity contribution in [2.45, 2.75) is 38.3 Å². The van der Waals surface area contributed by atoms with Crippen molar-refractivity contribution in [2.75, 3.05) is 0 Å². The van der Waals surface area contributed by atoms with Gasteiger partial charge in [-0.05, 0) is 36.6 Å². The molecule has 0 aliphatic heterocycles. The van der Waals surface area contributed by atoms with Crippen LogP contribution in [0.3, 0.4) is 0 Å². The molecule has 29 heavy (non-hydrogen) atoms. The third-order valence-corrected chi connectivity index (χ3v) is 5.47. The second-order valence-electron chi connectivity index (χ2n) is 7.41. The van der Waals surface area contributed by atoms with Gasteiger partial charge < -0.3 is 4.90 Å². The molecule has 4 rings (SSSR count). The Labute approximate surface area is 165 Å². The highest BCUT2D eigenvalue weighted by Crippen LogP contribution is 2.27. The van der Waals surface area contributed by atoms with Gasteiger partial charge in [0.2, 0.25) is 0 Å². The molecule has 0 saturated heterocycles. The molecule has 0 spiro atoms. The molecule has 1 aliphatic carbocycles. The lowest BCUT2D eigenvalue weighted by molar-refractivity contribution is 0.0664. The summed E-state index contributed by atoms with van der Waals surface area (Å²) in [5.74, 6) is -0.607. The maximum absolute atomic E-state index is 13.6. The Balaban J connectivity index is 1.73. The monoisotopic (exact) mass is 396 g/mol. The van der Waals surface area contributed by atoms with Crippen LogP contribution >= 0.6 is 0 Å². The van der Waals surface area contributed by atoms with Crippen LogP contribution in [-0.2, 0) is 13.6 Å². The number of hydrogen-bond acceptors (Lipinski definition) is 4. The summed E-state index contributed by atoms with van der Waals surface area (Å²) < 4.78 is 14.9. The van der Waals surface area contributed by atoms with E-state index in [1.54, 1.807) is 17.0 Å². The van der Waals surface area contributed by atoms with Gasteiger partial charge in [-0.2, -0.15) is 0 Å². The molecule has 0 atom stereocenters. The number of aromatic nitrogens is 3. The molecule has 2 aromatic heterocycles. The van der Waals surface area contributed by atoms with Crippen molar-refractivity contribution in [3.05, 3.63) is 74.3 Å². The molecule has 8 heteroatoms. The maximum atomic E-state index is 13.6. The smallest absolute Gasteiger partial charge is 0.329 e. The number of benzene rings is 1. The highest BCUT2D eigenvalue weighted by molar-refractivity contribution is 5.97. The normalized spacial score (nSPS) is 14.4. The number of aryl methyl sites for hydroxylation is 1. The van der Waals surface area contributed by atoms with Gasteiger partial charge in [-0.1, -0.05) is 25.0 Å². The van der Waals surface area contributed by atoms with Crippen molar-refractivity contribution in [3.63, 3.8) is 0 Å². The van der Waals surface area contributed by atoms with E-state index in [9.17, 15) is 18.8 Å². The van der Waals surface area contributed by atoms with Gasteiger partial charge in [0.1, 0.15) is 11.5 Å². The first kappa shape index (κ1) is 19.0. The highest BCUT2D eigenvalue weighted by atomic mass is 19.1. The number of amides is 1. The summed E-state index contributed by atoms with van der Waals surface area (Å²) in [5.41, 5.74) is 0.0487. The first-order valence-corrected chi connectivity index (χ1v) is 9.58. The zero-order valence-electron chi connectivity index (χ0n) is 16.0. The van der Waals surface area contributed by atoms with Crippen LogP contribution in [0, 0.1) is 5.82 Å². The number of nitrogens with zero attached hydrogens (tertiary/aromatic N) is 3. The Kier molecular flexibility index (Phi) is 5.00. The van der Waals surface area contributed by atoms with E-state index in [4.69, 9.17) is 0 Å². The molecule has 1 saturated carbocycles.